The number of carbonyl (C=O) groups is 1. The van der Waals surface area contributed by atoms with E-state index in [-0.39, 0.29) is 5.92 Å². The lowest BCUT2D eigenvalue weighted by Gasteiger charge is -2.36. The number of carboxylic acid groups (broad SMARTS) is 1. The van der Waals surface area contributed by atoms with Gasteiger partial charge in [-0.25, -0.2) is 0 Å². The van der Waals surface area contributed by atoms with Gasteiger partial charge in [-0.2, -0.15) is 13.2 Å². The van der Waals surface area contributed by atoms with Gasteiger partial charge >= 0.3 is 12.1 Å². The molecule has 0 bridgehead atoms. The Morgan fingerprint density at radius 1 is 1.00 bits per heavy atom. The van der Waals surface area contributed by atoms with Crippen LogP contribution in [0.2, 0.25) is 0 Å². The van der Waals surface area contributed by atoms with Crippen LogP contribution in [0.15, 0.2) is 48.5 Å². The van der Waals surface area contributed by atoms with E-state index in [2.05, 4.69) is 0 Å². The zero-order chi connectivity index (χ0) is 17.3. The summed E-state index contributed by atoms with van der Waals surface area (Å²) < 4.78 is 37.7. The summed E-state index contributed by atoms with van der Waals surface area (Å²) in [6.45, 7) is 1.78. The molecule has 0 unspecified atom stereocenters. The van der Waals surface area contributed by atoms with Gasteiger partial charge in [-0.3, -0.25) is 9.69 Å². The molecule has 1 aliphatic heterocycles. The Bertz CT molecular complexity index is 717. The van der Waals surface area contributed by atoms with E-state index in [0.717, 1.165) is 28.8 Å². The average Bonchev–Trinajstić information content (AvgIpc) is 2.50. The second kappa shape index (κ2) is 6.28. The lowest BCUT2D eigenvalue weighted by Crippen LogP contribution is -2.49. The monoisotopic (exact) mass is 335 g/mol. The topological polar surface area (TPSA) is 40.5 Å². The lowest BCUT2D eigenvalue weighted by molar-refractivity contribution is -0.147. The fourth-order valence-corrected chi connectivity index (χ4v) is 2.77. The molecule has 0 aromatic heterocycles. The fourth-order valence-electron chi connectivity index (χ4n) is 2.77. The molecule has 0 amide bonds. The van der Waals surface area contributed by atoms with Gasteiger partial charge in [-0.05, 0) is 28.8 Å². The summed E-state index contributed by atoms with van der Waals surface area (Å²) in [5, 5.41) is 8.85. The zero-order valence-corrected chi connectivity index (χ0v) is 12.8. The third kappa shape index (κ3) is 3.59. The highest BCUT2D eigenvalue weighted by atomic mass is 19.4. The summed E-state index contributed by atoms with van der Waals surface area (Å²) >= 11 is 0. The number of likely N-dealkylation sites (tertiary alicyclic amines) is 1. The minimum absolute atomic E-state index is 0.281. The maximum atomic E-state index is 12.6. The van der Waals surface area contributed by atoms with E-state index < -0.39 is 17.7 Å². The van der Waals surface area contributed by atoms with Crippen LogP contribution in [0.5, 0.6) is 0 Å². The molecule has 0 atom stereocenters. The van der Waals surface area contributed by atoms with Crippen LogP contribution >= 0.6 is 0 Å². The van der Waals surface area contributed by atoms with Crippen LogP contribution in [0, 0.1) is 5.92 Å². The molecule has 1 saturated heterocycles. The molecular weight excluding hydrogens is 319 g/mol. The Labute approximate surface area is 137 Å². The second-order valence-corrected chi connectivity index (χ2v) is 6.00. The van der Waals surface area contributed by atoms with E-state index in [1.165, 1.54) is 12.1 Å². The molecule has 1 heterocycles. The molecule has 3 rings (SSSR count). The lowest BCUT2D eigenvalue weighted by atomic mass is 9.98. The van der Waals surface area contributed by atoms with Gasteiger partial charge in [0.2, 0.25) is 0 Å². The molecule has 3 nitrogen and oxygen atoms in total. The summed E-state index contributed by atoms with van der Waals surface area (Å²) in [7, 11) is 0. The van der Waals surface area contributed by atoms with E-state index in [0.29, 0.717) is 19.6 Å². The third-order valence-corrected chi connectivity index (χ3v) is 4.21. The Kier molecular flexibility index (Phi) is 4.32. The van der Waals surface area contributed by atoms with E-state index in [1.807, 2.05) is 29.2 Å². The maximum absolute atomic E-state index is 12.6. The van der Waals surface area contributed by atoms with Gasteiger partial charge in [0.25, 0.3) is 0 Å². The number of hydrogen-bond donors (Lipinski definition) is 1. The summed E-state index contributed by atoms with van der Waals surface area (Å²) in [4.78, 5) is 12.8. The van der Waals surface area contributed by atoms with Crippen molar-refractivity contribution in [1.82, 2.24) is 4.90 Å². The van der Waals surface area contributed by atoms with Crippen molar-refractivity contribution in [3.05, 3.63) is 59.7 Å². The fraction of sp³-hybridized carbons (Fsp3) is 0.278. The van der Waals surface area contributed by atoms with E-state index in [4.69, 9.17) is 5.11 Å². The van der Waals surface area contributed by atoms with Crippen molar-refractivity contribution in [2.45, 2.75) is 12.7 Å². The highest BCUT2D eigenvalue weighted by Crippen LogP contribution is 2.31. The molecule has 0 saturated carbocycles. The van der Waals surface area contributed by atoms with Crippen molar-refractivity contribution in [1.29, 1.82) is 0 Å². The van der Waals surface area contributed by atoms with Gasteiger partial charge in [-0.15, -0.1) is 0 Å². The van der Waals surface area contributed by atoms with E-state index >= 15 is 0 Å². The van der Waals surface area contributed by atoms with Crippen molar-refractivity contribution in [2.24, 2.45) is 5.92 Å². The van der Waals surface area contributed by atoms with Gasteiger partial charge in [-0.1, -0.05) is 36.4 Å². The minimum atomic E-state index is -4.33. The number of nitrogens with zero attached hydrogens (tertiary/aromatic N) is 1. The molecule has 6 heteroatoms. The Balaban J connectivity index is 1.63. The van der Waals surface area contributed by atoms with E-state index in [9.17, 15) is 18.0 Å². The summed E-state index contributed by atoms with van der Waals surface area (Å²) in [5.74, 6) is -1.04. The van der Waals surface area contributed by atoms with E-state index in [1.54, 1.807) is 0 Å². The summed E-state index contributed by atoms with van der Waals surface area (Å²) in [6.07, 6.45) is -4.33. The highest BCUT2D eigenvalue weighted by Gasteiger charge is 2.32. The van der Waals surface area contributed by atoms with Crippen molar-refractivity contribution in [2.75, 3.05) is 13.1 Å². The SMILES string of the molecule is O=C(O)C1CN(Cc2ccc(-c3ccc(C(F)(F)F)cc3)cc2)C1. The molecule has 2 aromatic carbocycles. The van der Waals surface area contributed by atoms with Gasteiger partial charge in [0.05, 0.1) is 11.5 Å². The van der Waals surface area contributed by atoms with Crippen molar-refractivity contribution in [3.63, 3.8) is 0 Å². The Hall–Kier alpha value is -2.34. The van der Waals surface area contributed by atoms with Crippen LogP contribution in [0.4, 0.5) is 13.2 Å². The van der Waals surface area contributed by atoms with Gasteiger partial charge < -0.3 is 5.11 Å². The predicted octanol–water partition coefficient (Wildman–Crippen LogP) is 3.89. The van der Waals surface area contributed by atoms with Crippen LogP contribution in [0.1, 0.15) is 11.1 Å². The first-order valence-corrected chi connectivity index (χ1v) is 7.54. The van der Waals surface area contributed by atoms with Crippen LogP contribution < -0.4 is 0 Å². The van der Waals surface area contributed by atoms with Crippen molar-refractivity contribution < 1.29 is 23.1 Å². The molecule has 2 aromatic rings. The van der Waals surface area contributed by atoms with Crippen LogP contribution in [0.3, 0.4) is 0 Å². The molecule has 1 N–H and O–H groups in total. The number of aliphatic carboxylic acids is 1. The molecule has 24 heavy (non-hydrogen) atoms. The number of benzene rings is 2. The predicted molar refractivity (Wildman–Crippen MR) is 83.3 cm³/mol. The number of hydrogen-bond acceptors (Lipinski definition) is 2. The number of rotatable bonds is 4. The van der Waals surface area contributed by atoms with Gasteiger partial charge in [0.1, 0.15) is 0 Å². The molecular formula is C18H16F3NO2. The van der Waals surface area contributed by atoms with Gasteiger partial charge in [0, 0.05) is 19.6 Å². The first-order chi connectivity index (χ1) is 11.3. The molecule has 1 aliphatic rings. The Morgan fingerprint density at radius 2 is 1.50 bits per heavy atom. The third-order valence-electron chi connectivity index (χ3n) is 4.21. The van der Waals surface area contributed by atoms with Crippen molar-refractivity contribution in [3.8, 4) is 11.1 Å². The molecule has 0 spiro atoms. The largest absolute Gasteiger partial charge is 0.481 e. The second-order valence-electron chi connectivity index (χ2n) is 6.00. The van der Waals surface area contributed by atoms with Crippen LogP contribution in [0.25, 0.3) is 11.1 Å². The number of halogens is 3. The minimum Gasteiger partial charge on any atom is -0.481 e. The zero-order valence-electron chi connectivity index (χ0n) is 12.8. The number of alkyl halides is 3. The average molecular weight is 335 g/mol. The normalized spacial score (nSPS) is 16.0. The first-order valence-electron chi connectivity index (χ1n) is 7.54. The molecule has 0 aliphatic carbocycles. The molecule has 0 radical (unpaired) electrons. The maximum Gasteiger partial charge on any atom is 0.416 e. The van der Waals surface area contributed by atoms with Crippen LogP contribution in [-0.2, 0) is 17.5 Å². The quantitative estimate of drug-likeness (QED) is 0.921. The summed E-state index contributed by atoms with van der Waals surface area (Å²) in [5.41, 5.74) is 1.96. The number of carboxylic acids is 1. The van der Waals surface area contributed by atoms with Crippen molar-refractivity contribution >= 4 is 5.97 Å². The standard InChI is InChI=1S/C18H16F3NO2/c19-18(20,21)16-7-5-14(6-8-16)13-3-1-12(2-4-13)9-22-10-15(11-22)17(23)24/h1-8,15H,9-11H2,(H,23,24). The molecule has 126 valence electrons. The first kappa shape index (κ1) is 16.5. The smallest absolute Gasteiger partial charge is 0.416 e. The summed E-state index contributed by atoms with van der Waals surface area (Å²) in [6, 6.07) is 12.7. The van der Waals surface area contributed by atoms with Crippen LogP contribution in [-0.4, -0.2) is 29.1 Å². The Morgan fingerprint density at radius 3 is 1.96 bits per heavy atom. The molecule has 1 fully saturated rings. The highest BCUT2D eigenvalue weighted by molar-refractivity contribution is 5.71. The van der Waals surface area contributed by atoms with Gasteiger partial charge in [0.15, 0.2) is 0 Å².